The summed E-state index contributed by atoms with van der Waals surface area (Å²) in [5, 5.41) is 18.3. The van der Waals surface area contributed by atoms with Gasteiger partial charge in [0.25, 0.3) is 0 Å². The summed E-state index contributed by atoms with van der Waals surface area (Å²) in [6.07, 6.45) is 1.14. The van der Waals surface area contributed by atoms with Gasteiger partial charge in [-0.05, 0) is 41.0 Å². The first-order valence-corrected chi connectivity index (χ1v) is 6.04. The van der Waals surface area contributed by atoms with Gasteiger partial charge in [-0.2, -0.15) is 0 Å². The Morgan fingerprint density at radius 1 is 1.00 bits per heavy atom. The van der Waals surface area contributed by atoms with Crippen molar-refractivity contribution in [1.82, 2.24) is 0 Å². The summed E-state index contributed by atoms with van der Waals surface area (Å²) >= 11 is 0. The van der Waals surface area contributed by atoms with Gasteiger partial charge < -0.3 is 15.9 Å². The van der Waals surface area contributed by atoms with Crippen molar-refractivity contribution in [2.75, 3.05) is 18.9 Å². The molecule has 0 atom stereocenters. The molecular formula is C14H23NO2. The van der Waals surface area contributed by atoms with Crippen molar-refractivity contribution in [1.29, 1.82) is 0 Å². The molecule has 0 heterocycles. The van der Waals surface area contributed by atoms with E-state index in [0.717, 1.165) is 11.1 Å². The van der Waals surface area contributed by atoms with E-state index < -0.39 is 0 Å². The fourth-order valence-electron chi connectivity index (χ4n) is 2.22. The van der Waals surface area contributed by atoms with E-state index in [1.54, 1.807) is 0 Å². The Morgan fingerprint density at radius 2 is 1.53 bits per heavy atom. The quantitative estimate of drug-likeness (QED) is 0.697. The van der Waals surface area contributed by atoms with Gasteiger partial charge >= 0.3 is 0 Å². The third-order valence-corrected chi connectivity index (χ3v) is 3.00. The van der Waals surface area contributed by atoms with Crippen LogP contribution in [0.15, 0.2) is 12.1 Å². The van der Waals surface area contributed by atoms with Gasteiger partial charge in [0.2, 0.25) is 0 Å². The van der Waals surface area contributed by atoms with E-state index in [4.69, 9.17) is 10.8 Å². The molecule has 3 heteroatoms. The molecule has 0 amide bonds. The van der Waals surface area contributed by atoms with Crippen LogP contribution in [0.4, 0.5) is 5.69 Å². The molecule has 1 rings (SSSR count). The SMILES string of the molecule is CC(C)(C)c1ccc(N)c(CCO)c1CCO. The molecule has 0 aliphatic heterocycles. The average molecular weight is 237 g/mol. The Hall–Kier alpha value is -1.06. The molecule has 4 N–H and O–H groups in total. The first kappa shape index (κ1) is 14.0. The van der Waals surface area contributed by atoms with Gasteiger partial charge in [-0.1, -0.05) is 26.8 Å². The summed E-state index contributed by atoms with van der Waals surface area (Å²) in [6, 6.07) is 3.92. The molecule has 1 aromatic carbocycles. The normalized spacial score (nSPS) is 11.8. The van der Waals surface area contributed by atoms with E-state index in [2.05, 4.69) is 20.8 Å². The minimum atomic E-state index is 0.0163. The molecule has 0 fully saturated rings. The first-order chi connectivity index (χ1) is 7.91. The zero-order chi connectivity index (χ0) is 13.1. The topological polar surface area (TPSA) is 66.5 Å². The van der Waals surface area contributed by atoms with Gasteiger partial charge in [0.1, 0.15) is 0 Å². The van der Waals surface area contributed by atoms with Gasteiger partial charge in [0.05, 0.1) is 0 Å². The number of rotatable bonds is 4. The van der Waals surface area contributed by atoms with Crippen LogP contribution in [0, 0.1) is 0 Å². The Kier molecular flexibility index (Phi) is 4.54. The molecule has 17 heavy (non-hydrogen) atoms. The monoisotopic (exact) mass is 237 g/mol. The van der Waals surface area contributed by atoms with E-state index in [9.17, 15) is 5.11 Å². The molecule has 0 aromatic heterocycles. The fourth-order valence-corrected chi connectivity index (χ4v) is 2.22. The predicted molar refractivity (Wildman–Crippen MR) is 71.1 cm³/mol. The van der Waals surface area contributed by atoms with Crippen molar-refractivity contribution in [3.63, 3.8) is 0 Å². The molecule has 1 aromatic rings. The van der Waals surface area contributed by atoms with Gasteiger partial charge in [-0.15, -0.1) is 0 Å². The number of anilines is 1. The van der Waals surface area contributed by atoms with Gasteiger partial charge in [-0.25, -0.2) is 0 Å². The third kappa shape index (κ3) is 3.20. The number of benzene rings is 1. The second kappa shape index (κ2) is 5.52. The zero-order valence-electron chi connectivity index (χ0n) is 11.0. The summed E-state index contributed by atoms with van der Waals surface area (Å²) in [7, 11) is 0. The van der Waals surface area contributed by atoms with Crippen molar-refractivity contribution in [2.45, 2.75) is 39.0 Å². The lowest BCUT2D eigenvalue weighted by Crippen LogP contribution is -2.18. The van der Waals surface area contributed by atoms with Gasteiger partial charge in [0.15, 0.2) is 0 Å². The molecule has 0 saturated heterocycles. The molecule has 3 nitrogen and oxygen atoms in total. The highest BCUT2D eigenvalue weighted by molar-refractivity contribution is 5.55. The molecule has 96 valence electrons. The maximum atomic E-state index is 9.19. The van der Waals surface area contributed by atoms with Crippen LogP contribution in [0.5, 0.6) is 0 Å². The minimum absolute atomic E-state index is 0.0163. The van der Waals surface area contributed by atoms with Crippen molar-refractivity contribution in [3.8, 4) is 0 Å². The van der Waals surface area contributed by atoms with E-state index >= 15 is 0 Å². The van der Waals surface area contributed by atoms with Crippen LogP contribution >= 0.6 is 0 Å². The van der Waals surface area contributed by atoms with Crippen molar-refractivity contribution in [2.24, 2.45) is 0 Å². The van der Waals surface area contributed by atoms with Gasteiger partial charge in [0, 0.05) is 18.9 Å². The van der Waals surface area contributed by atoms with Crippen LogP contribution in [0.1, 0.15) is 37.5 Å². The van der Waals surface area contributed by atoms with Crippen LogP contribution in [0.25, 0.3) is 0 Å². The average Bonchev–Trinajstić information content (AvgIpc) is 2.22. The Morgan fingerprint density at radius 3 is 2.00 bits per heavy atom. The maximum absolute atomic E-state index is 9.19. The summed E-state index contributed by atoms with van der Waals surface area (Å²) in [5.41, 5.74) is 9.95. The maximum Gasteiger partial charge on any atom is 0.0472 e. The largest absolute Gasteiger partial charge is 0.398 e. The Bertz CT molecular complexity index is 381. The lowest BCUT2D eigenvalue weighted by molar-refractivity contribution is 0.292. The van der Waals surface area contributed by atoms with Crippen LogP contribution in [0.2, 0.25) is 0 Å². The van der Waals surface area contributed by atoms with E-state index in [1.807, 2.05) is 12.1 Å². The standard InChI is InChI=1S/C14H23NO2/c1-14(2,3)12-4-5-13(15)11(7-9-17)10(12)6-8-16/h4-5,16-17H,6-9,15H2,1-3H3. The summed E-state index contributed by atoms with van der Waals surface area (Å²) in [6.45, 7) is 6.60. The molecule has 0 aliphatic rings. The summed E-state index contributed by atoms with van der Waals surface area (Å²) in [4.78, 5) is 0. The third-order valence-electron chi connectivity index (χ3n) is 3.00. The molecule has 0 unspecified atom stereocenters. The number of aliphatic hydroxyl groups excluding tert-OH is 2. The fraction of sp³-hybridized carbons (Fsp3) is 0.571. The summed E-state index contributed by atoms with van der Waals surface area (Å²) in [5.74, 6) is 0. The number of hydrogen-bond donors (Lipinski definition) is 3. The van der Waals surface area contributed by atoms with Crippen LogP contribution in [0.3, 0.4) is 0 Å². The molecule has 0 radical (unpaired) electrons. The molecule has 0 saturated carbocycles. The molecule has 0 spiro atoms. The van der Waals surface area contributed by atoms with Crippen molar-refractivity contribution in [3.05, 3.63) is 28.8 Å². The van der Waals surface area contributed by atoms with E-state index in [-0.39, 0.29) is 18.6 Å². The second-order valence-corrected chi connectivity index (χ2v) is 5.36. The lowest BCUT2D eigenvalue weighted by Gasteiger charge is -2.25. The van der Waals surface area contributed by atoms with Crippen LogP contribution in [-0.2, 0) is 18.3 Å². The Labute approximate surface area is 103 Å². The lowest BCUT2D eigenvalue weighted by atomic mass is 9.80. The van der Waals surface area contributed by atoms with Gasteiger partial charge in [-0.3, -0.25) is 0 Å². The number of aliphatic hydroxyl groups is 2. The van der Waals surface area contributed by atoms with Crippen molar-refractivity contribution >= 4 is 5.69 Å². The highest BCUT2D eigenvalue weighted by Gasteiger charge is 2.20. The second-order valence-electron chi connectivity index (χ2n) is 5.36. The summed E-state index contributed by atoms with van der Waals surface area (Å²) < 4.78 is 0. The Balaban J connectivity index is 3.36. The van der Waals surface area contributed by atoms with E-state index in [1.165, 1.54) is 5.56 Å². The van der Waals surface area contributed by atoms with Crippen LogP contribution < -0.4 is 5.73 Å². The minimum Gasteiger partial charge on any atom is -0.398 e. The number of nitrogen functional groups attached to an aromatic ring is 1. The highest BCUT2D eigenvalue weighted by atomic mass is 16.3. The smallest absolute Gasteiger partial charge is 0.0472 e. The molecule has 0 aliphatic carbocycles. The predicted octanol–water partition coefficient (Wildman–Crippen LogP) is 1.64. The number of hydrogen-bond acceptors (Lipinski definition) is 3. The van der Waals surface area contributed by atoms with E-state index in [0.29, 0.717) is 18.5 Å². The van der Waals surface area contributed by atoms with Crippen molar-refractivity contribution < 1.29 is 10.2 Å². The molecular weight excluding hydrogens is 214 g/mol. The highest BCUT2D eigenvalue weighted by Crippen LogP contribution is 2.31. The number of nitrogens with two attached hydrogens (primary N) is 1. The first-order valence-electron chi connectivity index (χ1n) is 6.04. The van der Waals surface area contributed by atoms with Crippen LogP contribution in [-0.4, -0.2) is 23.4 Å². The zero-order valence-corrected chi connectivity index (χ0v) is 11.0. The molecule has 0 bridgehead atoms.